The highest BCUT2D eigenvalue weighted by Crippen LogP contribution is 2.49. The molecular weight excluding hydrogens is 1290 g/mol. The topological polar surface area (TPSA) is 297 Å². The lowest BCUT2D eigenvalue weighted by atomic mass is 9.89. The van der Waals surface area contributed by atoms with Crippen molar-refractivity contribution in [2.45, 2.75) is 169 Å². The molecule has 3 saturated carbocycles. The Labute approximate surface area is 568 Å². The van der Waals surface area contributed by atoms with E-state index in [1.54, 1.807) is 43.0 Å². The monoisotopic (exact) mass is 1370 g/mol. The Bertz CT molecular complexity index is 3950. The Balaban J connectivity index is 0.000000185. The molecule has 13 rings (SSSR count). The van der Waals surface area contributed by atoms with E-state index in [2.05, 4.69) is 43.1 Å². The Morgan fingerprint density at radius 1 is 0.760 bits per heavy atom. The van der Waals surface area contributed by atoms with Crippen LogP contribution in [0, 0.1) is 17.8 Å². The van der Waals surface area contributed by atoms with Crippen LogP contribution in [0.5, 0.6) is 11.5 Å². The summed E-state index contributed by atoms with van der Waals surface area (Å²) in [7, 11) is 2.97. The van der Waals surface area contributed by atoms with Crippen molar-refractivity contribution in [3.63, 3.8) is 0 Å². The zero-order valence-electron chi connectivity index (χ0n) is 55.5. The van der Waals surface area contributed by atoms with E-state index in [0.29, 0.717) is 78.7 Å². The van der Waals surface area contributed by atoms with Gasteiger partial charge in [0, 0.05) is 86.2 Å². The van der Waals surface area contributed by atoms with Crippen LogP contribution in [0.15, 0.2) is 100 Å². The number of aliphatic hydroxyl groups excluding tert-OH is 1. The lowest BCUT2D eigenvalue weighted by Crippen LogP contribution is -2.59. The van der Waals surface area contributed by atoms with Crippen LogP contribution >= 0.6 is 22.7 Å². The number of ether oxygens (including phenoxy) is 4. The molecule has 514 valence electrons. The maximum atomic E-state index is 14.2. The molecule has 0 spiro atoms. The number of carboxylic acid groups (broad SMARTS) is 1. The van der Waals surface area contributed by atoms with Crippen molar-refractivity contribution in [1.29, 1.82) is 0 Å². The fourth-order valence-corrected chi connectivity index (χ4v) is 16.8. The number of urea groups is 2. The number of pyridine rings is 1. The number of hydrogen-bond donors (Lipinski definition) is 5. The average molecular weight is 1370 g/mol. The van der Waals surface area contributed by atoms with Gasteiger partial charge in [0.2, 0.25) is 21.8 Å². The number of aliphatic hydroxyl groups is 1. The fraction of sp³-hybridized carbons (Fsp3) is 0.551. The number of amides is 6. The van der Waals surface area contributed by atoms with E-state index in [9.17, 15) is 42.6 Å². The zero-order chi connectivity index (χ0) is 68.0. The van der Waals surface area contributed by atoms with E-state index in [4.69, 9.17) is 38.9 Å². The summed E-state index contributed by atoms with van der Waals surface area (Å²) < 4.78 is 52.4. The number of aromatic nitrogens is 3. The lowest BCUT2D eigenvalue weighted by molar-refractivity contribution is -0.144. The van der Waals surface area contributed by atoms with Crippen LogP contribution in [0.3, 0.4) is 0 Å². The van der Waals surface area contributed by atoms with Crippen LogP contribution in [-0.2, 0) is 33.9 Å². The second kappa shape index (κ2) is 28.0. The molecule has 6 amide bonds. The number of aliphatic imine (C=N–C) groups is 1. The predicted octanol–water partition coefficient (Wildman–Crippen LogP) is 8.63. The Morgan fingerprint density at radius 2 is 1.38 bits per heavy atom. The van der Waals surface area contributed by atoms with Gasteiger partial charge in [-0.25, -0.2) is 37.8 Å². The second-order valence-corrected chi connectivity index (χ2v) is 31.0. The third-order valence-corrected chi connectivity index (χ3v) is 23.3. The Kier molecular flexibility index (Phi) is 19.9. The van der Waals surface area contributed by atoms with Gasteiger partial charge in [-0.15, -0.1) is 22.7 Å². The number of carbonyl (C=O) groups excluding carboxylic acids is 4. The van der Waals surface area contributed by atoms with Gasteiger partial charge in [-0.2, -0.15) is 4.72 Å². The van der Waals surface area contributed by atoms with E-state index in [1.807, 2.05) is 83.6 Å². The van der Waals surface area contributed by atoms with Gasteiger partial charge in [-0.05, 0) is 100 Å². The summed E-state index contributed by atoms with van der Waals surface area (Å²) in [6.45, 7) is 9.82. The number of hydrogen-bond acceptors (Lipinski definition) is 18. The van der Waals surface area contributed by atoms with Crippen molar-refractivity contribution in [3.8, 4) is 22.2 Å². The fourth-order valence-electron chi connectivity index (χ4n) is 13.5. The van der Waals surface area contributed by atoms with E-state index in [0.717, 1.165) is 65.3 Å². The number of dihydropyridines is 1. The van der Waals surface area contributed by atoms with Crippen LogP contribution < -0.4 is 24.8 Å². The second-order valence-electron chi connectivity index (χ2n) is 27.3. The molecule has 9 aliphatic rings. The van der Waals surface area contributed by atoms with Crippen molar-refractivity contribution < 1.29 is 61.6 Å². The van der Waals surface area contributed by atoms with Crippen LogP contribution in [-0.4, -0.2) is 196 Å². The number of nitrogens with zero attached hydrogens (tertiary/aromatic N) is 8. The minimum absolute atomic E-state index is 0.174. The summed E-state index contributed by atoms with van der Waals surface area (Å²) in [5.41, 5.74) is 1.43. The molecular formula is C69H87N11O13S3. The molecule has 11 atom stereocenters. The van der Waals surface area contributed by atoms with Crippen molar-refractivity contribution >= 4 is 79.2 Å². The molecule has 5 N–H and O–H groups in total. The summed E-state index contributed by atoms with van der Waals surface area (Å²) in [5.74, 6) is 0.391. The number of allylic oxidation sites excluding steroid dienone is 4. The number of sulfonamides is 1. The first-order chi connectivity index (χ1) is 46.0. The first-order valence-electron chi connectivity index (χ1n) is 33.4. The molecule has 8 heterocycles. The number of methoxy groups -OCH3 is 2. The molecule has 5 fully saturated rings. The first-order valence-corrected chi connectivity index (χ1v) is 36.7. The van der Waals surface area contributed by atoms with Crippen LogP contribution in [0.2, 0.25) is 0 Å². The van der Waals surface area contributed by atoms with E-state index in [1.165, 1.54) is 27.6 Å². The van der Waals surface area contributed by atoms with Gasteiger partial charge >= 0.3 is 18.0 Å². The number of carboxylic acids is 1. The third-order valence-electron chi connectivity index (χ3n) is 19.7. The number of rotatable bonds is 15. The van der Waals surface area contributed by atoms with Gasteiger partial charge in [-0.1, -0.05) is 58.1 Å². The summed E-state index contributed by atoms with van der Waals surface area (Å²) in [5, 5.41) is 33.1. The van der Waals surface area contributed by atoms with Crippen molar-refractivity contribution in [2.75, 3.05) is 54.5 Å². The van der Waals surface area contributed by atoms with Crippen LogP contribution in [0.4, 0.5) is 9.59 Å². The van der Waals surface area contributed by atoms with Gasteiger partial charge in [0.1, 0.15) is 74.8 Å². The van der Waals surface area contributed by atoms with Gasteiger partial charge in [-0.3, -0.25) is 14.6 Å². The van der Waals surface area contributed by atoms with Gasteiger partial charge in [0.25, 0.3) is 0 Å². The molecule has 0 radical (unpaired) electrons. The molecule has 4 aliphatic carbocycles. The molecule has 24 nitrogen and oxygen atoms in total. The number of carbonyl (C=O) groups is 5. The predicted molar refractivity (Wildman–Crippen MR) is 364 cm³/mol. The molecule has 1 aromatic carbocycles. The summed E-state index contributed by atoms with van der Waals surface area (Å²) in [4.78, 5) is 93.8. The average Bonchev–Trinajstić information content (AvgIpc) is 1.61. The molecule has 3 aromatic heterocycles. The van der Waals surface area contributed by atoms with Gasteiger partial charge < -0.3 is 59.4 Å². The standard InChI is InChI=1S/C36H48N6O7S2.C33H39N5O6S/c1-21(2)29-20-50-33(38-29)28-17-31(26-13-10-23(48-4)15-27(26)37-28)49-24-16-30-32(43)39-36(34(44)40-51(46,47)25-11-12-25)18-22(36)9-7-5-6-8-14-41(3)35(45)42(30)19-24;1-19(2)26-18-45-30(35-26)25-15-28(23-11-10-21(43-4)13-24(23)34-25)44-22-14-27-29(39)36-33(31(40)41)16-20(33)9-7-5-6-8-12-37(3)32(42)38(27)17-22/h7,9-10,13,15,17,20-22,24-27,30,34,40,44H,5-6,8,11-12,14,16,18-19H2,1-4H3,(H,39,43);7,9-11,13,15,18-20,22,27H,5-6,8,12,14,16-17H2,1-4H3,(H,36,39)(H,40,41)/b2*9-7-/t22-,24-,26?,27?,30+,34?,36-;20-,22-,27+,33-/m11/s1. The van der Waals surface area contributed by atoms with Crippen molar-refractivity contribution in [1.82, 2.24) is 49.9 Å². The normalized spacial score (nSPS) is 29.5. The van der Waals surface area contributed by atoms with E-state index >= 15 is 0 Å². The number of thiazole rings is 2. The van der Waals surface area contributed by atoms with Gasteiger partial charge in [0.15, 0.2) is 0 Å². The lowest BCUT2D eigenvalue weighted by Gasteiger charge is -2.32. The molecule has 4 aromatic rings. The van der Waals surface area contributed by atoms with Crippen LogP contribution in [0.1, 0.15) is 133 Å². The van der Waals surface area contributed by atoms with Gasteiger partial charge in [0.05, 0.1) is 72.7 Å². The quantitative estimate of drug-likeness (QED) is 0.0549. The molecule has 5 aliphatic heterocycles. The summed E-state index contributed by atoms with van der Waals surface area (Å²) >= 11 is 3.04. The summed E-state index contributed by atoms with van der Waals surface area (Å²) in [6, 6.07) is 4.81. The number of fused-ring (bicyclic) bond motifs is 6. The van der Waals surface area contributed by atoms with Crippen molar-refractivity contribution in [3.05, 3.63) is 112 Å². The third kappa shape index (κ3) is 14.5. The minimum atomic E-state index is -3.73. The molecule has 27 heteroatoms. The molecule has 0 bridgehead atoms. The number of aliphatic carboxylic acids is 1. The molecule has 96 heavy (non-hydrogen) atoms. The Hall–Kier alpha value is -7.72. The molecule has 2 saturated heterocycles. The van der Waals surface area contributed by atoms with Crippen molar-refractivity contribution in [2.24, 2.45) is 22.7 Å². The largest absolute Gasteiger partial charge is 0.497 e. The maximum absolute atomic E-state index is 14.2. The Morgan fingerprint density at radius 3 is 1.98 bits per heavy atom. The number of benzene rings is 1. The highest BCUT2D eigenvalue weighted by atomic mass is 32.2. The number of nitrogens with one attached hydrogen (secondary N) is 3. The molecule has 3 unspecified atom stereocenters. The first kappa shape index (κ1) is 68.2. The maximum Gasteiger partial charge on any atom is 0.330 e. The summed E-state index contributed by atoms with van der Waals surface area (Å²) in [6.07, 6.45) is 20.2. The highest BCUT2D eigenvalue weighted by molar-refractivity contribution is 7.90. The zero-order valence-corrected chi connectivity index (χ0v) is 58.0. The van der Waals surface area contributed by atoms with Crippen LogP contribution in [0.25, 0.3) is 21.6 Å². The van der Waals surface area contributed by atoms with E-state index < -0.39 is 74.7 Å². The SMILES string of the molecule is COC1=CC2N=C(c3nc(C(C)C)cs3)C=C(O[C@@H]3C[C@H]4C(=O)N[C@]5(C(O)NS(=O)(=O)C6CC6)C[C@H]5/C=C\CCCCN(C)C(=O)N4C3)C2C=C1.COc1ccc2c(O[C@@H]3C[C@H]4C(=O)N[C@]5(C(=O)O)C[C@H]5/C=C\CCCCN(C)C(=O)N4C3)cc(-c3nc(C(C)C)cs3)nc2c1. The van der Waals surface area contributed by atoms with E-state index in [-0.39, 0.29) is 73.6 Å². The highest BCUT2D eigenvalue weighted by Gasteiger charge is 2.63. The smallest absolute Gasteiger partial charge is 0.330 e. The minimum Gasteiger partial charge on any atom is -0.497 e.